The van der Waals surface area contributed by atoms with Crippen molar-refractivity contribution in [2.45, 2.75) is 56.9 Å². The van der Waals surface area contributed by atoms with Gasteiger partial charge in [-0.15, -0.1) is 0 Å². The molecule has 3 aromatic rings. The van der Waals surface area contributed by atoms with Crippen LogP contribution in [0.2, 0.25) is 0 Å². The van der Waals surface area contributed by atoms with Crippen LogP contribution in [0.4, 0.5) is 0 Å². The second-order valence-corrected chi connectivity index (χ2v) is 8.56. The fourth-order valence-electron chi connectivity index (χ4n) is 4.33. The van der Waals surface area contributed by atoms with Crippen LogP contribution in [-0.4, -0.2) is 69.5 Å². The molecule has 2 aromatic carbocycles. The average molecular weight is 460 g/mol. The number of aliphatic hydroxyl groups is 5. The SMILES string of the molecule is CC(C)c1cc(O[C@@H]2O[C@H](CO)[C@@H](O)[C@H](O)[C@H]2O)cc2oc(=O)c3c(CCO)cccc3c12. The lowest BCUT2D eigenvalue weighted by molar-refractivity contribution is -0.277. The minimum atomic E-state index is -1.57. The zero-order valence-electron chi connectivity index (χ0n) is 18.3. The maximum absolute atomic E-state index is 12.8. The van der Waals surface area contributed by atoms with Crippen LogP contribution in [-0.2, 0) is 11.2 Å². The molecule has 33 heavy (non-hydrogen) atoms. The molecule has 0 radical (unpaired) electrons. The summed E-state index contributed by atoms with van der Waals surface area (Å²) in [5.41, 5.74) is 1.25. The van der Waals surface area contributed by atoms with Gasteiger partial charge in [0, 0.05) is 23.4 Å². The highest BCUT2D eigenvalue weighted by molar-refractivity contribution is 6.07. The van der Waals surface area contributed by atoms with Gasteiger partial charge >= 0.3 is 5.63 Å². The lowest BCUT2D eigenvalue weighted by Gasteiger charge is -2.39. The van der Waals surface area contributed by atoms with Crippen molar-refractivity contribution in [1.29, 1.82) is 0 Å². The zero-order valence-corrected chi connectivity index (χ0v) is 18.3. The molecular weight excluding hydrogens is 432 g/mol. The summed E-state index contributed by atoms with van der Waals surface area (Å²) in [5.74, 6) is 0.229. The second kappa shape index (κ2) is 9.38. The van der Waals surface area contributed by atoms with Crippen molar-refractivity contribution in [1.82, 2.24) is 0 Å². The van der Waals surface area contributed by atoms with Crippen LogP contribution in [0.5, 0.6) is 5.75 Å². The summed E-state index contributed by atoms with van der Waals surface area (Å²) in [7, 11) is 0. The fraction of sp³-hybridized carbons (Fsp3) is 0.458. The summed E-state index contributed by atoms with van der Waals surface area (Å²) < 4.78 is 16.9. The number of ether oxygens (including phenoxy) is 2. The smallest absolute Gasteiger partial charge is 0.344 e. The standard InChI is InChI=1S/C24H28O9/c1-11(2)15-8-13(31-24-22(29)21(28)20(27)17(10-26)33-24)9-16-19(15)14-5-3-4-12(6-7-25)18(14)23(30)32-16/h3-5,8-9,11,17,20-22,24-29H,6-7,10H2,1-2H3/t17-,20-,21+,22-,24-/m1/s1. The number of hydrogen-bond acceptors (Lipinski definition) is 9. The zero-order chi connectivity index (χ0) is 23.9. The van der Waals surface area contributed by atoms with E-state index in [2.05, 4.69) is 0 Å². The van der Waals surface area contributed by atoms with Gasteiger partial charge < -0.3 is 39.4 Å². The monoisotopic (exact) mass is 460 g/mol. The first-order chi connectivity index (χ1) is 15.8. The van der Waals surface area contributed by atoms with Crippen LogP contribution in [0.25, 0.3) is 21.7 Å². The minimum absolute atomic E-state index is 0.00301. The third-order valence-corrected chi connectivity index (χ3v) is 6.04. The third-order valence-electron chi connectivity index (χ3n) is 6.04. The summed E-state index contributed by atoms with van der Waals surface area (Å²) >= 11 is 0. The number of benzene rings is 2. The van der Waals surface area contributed by atoms with Crippen molar-refractivity contribution < 1.29 is 39.4 Å². The molecule has 0 amide bonds. The van der Waals surface area contributed by atoms with E-state index in [-0.39, 0.29) is 23.9 Å². The van der Waals surface area contributed by atoms with Gasteiger partial charge in [-0.25, -0.2) is 4.79 Å². The lowest BCUT2D eigenvalue weighted by atomic mass is 9.93. The summed E-state index contributed by atoms with van der Waals surface area (Å²) in [6, 6.07) is 8.69. The largest absolute Gasteiger partial charge is 0.462 e. The van der Waals surface area contributed by atoms with E-state index in [1.807, 2.05) is 26.0 Å². The van der Waals surface area contributed by atoms with Gasteiger partial charge in [-0.2, -0.15) is 0 Å². The molecule has 0 aliphatic carbocycles. The summed E-state index contributed by atoms with van der Waals surface area (Å²) in [4.78, 5) is 12.8. The van der Waals surface area contributed by atoms with Gasteiger partial charge in [-0.1, -0.05) is 32.0 Å². The van der Waals surface area contributed by atoms with Crippen LogP contribution >= 0.6 is 0 Å². The Morgan fingerprint density at radius 1 is 1.03 bits per heavy atom. The van der Waals surface area contributed by atoms with E-state index in [0.29, 0.717) is 22.8 Å². The Bertz CT molecular complexity index is 1200. The van der Waals surface area contributed by atoms with Crippen molar-refractivity contribution >= 4 is 21.7 Å². The van der Waals surface area contributed by atoms with Crippen LogP contribution in [0, 0.1) is 0 Å². The Hall–Kier alpha value is -2.53. The summed E-state index contributed by atoms with van der Waals surface area (Å²) in [6.45, 7) is 3.28. The molecule has 1 fully saturated rings. The van der Waals surface area contributed by atoms with Crippen LogP contribution in [0.15, 0.2) is 39.5 Å². The van der Waals surface area contributed by atoms with E-state index in [1.54, 1.807) is 12.1 Å². The van der Waals surface area contributed by atoms with Gasteiger partial charge in [0.2, 0.25) is 6.29 Å². The number of fused-ring (bicyclic) bond motifs is 3. The normalized spacial score (nSPS) is 25.8. The lowest BCUT2D eigenvalue weighted by Crippen LogP contribution is -2.60. The molecule has 4 rings (SSSR count). The molecule has 5 atom stereocenters. The topological polar surface area (TPSA) is 150 Å². The molecule has 0 bridgehead atoms. The first-order valence-corrected chi connectivity index (χ1v) is 10.9. The van der Waals surface area contributed by atoms with E-state index in [4.69, 9.17) is 13.9 Å². The number of rotatable bonds is 6. The maximum atomic E-state index is 12.8. The van der Waals surface area contributed by atoms with E-state index in [9.17, 15) is 30.3 Å². The number of aliphatic hydroxyl groups excluding tert-OH is 5. The molecule has 0 saturated carbocycles. The molecule has 1 aromatic heterocycles. The first kappa shape index (κ1) is 23.6. The molecule has 9 heteroatoms. The van der Waals surface area contributed by atoms with Gasteiger partial charge in [0.05, 0.1) is 12.0 Å². The maximum Gasteiger partial charge on any atom is 0.344 e. The Morgan fingerprint density at radius 3 is 2.45 bits per heavy atom. The Morgan fingerprint density at radius 2 is 1.79 bits per heavy atom. The quantitative estimate of drug-likeness (QED) is 0.266. The van der Waals surface area contributed by atoms with Gasteiger partial charge in [-0.3, -0.25) is 0 Å². The molecule has 1 aliphatic heterocycles. The molecule has 1 aliphatic rings. The molecule has 9 nitrogen and oxygen atoms in total. The van der Waals surface area contributed by atoms with Gasteiger partial charge in [0.15, 0.2) is 0 Å². The van der Waals surface area contributed by atoms with Gasteiger partial charge in [0.1, 0.15) is 35.7 Å². The molecule has 178 valence electrons. The highest BCUT2D eigenvalue weighted by Gasteiger charge is 2.44. The molecule has 5 N–H and O–H groups in total. The van der Waals surface area contributed by atoms with Crippen LogP contribution < -0.4 is 10.4 Å². The van der Waals surface area contributed by atoms with Crippen molar-refractivity contribution in [3.8, 4) is 5.75 Å². The molecule has 0 unspecified atom stereocenters. The van der Waals surface area contributed by atoms with Gasteiger partial charge in [0.25, 0.3) is 0 Å². The summed E-state index contributed by atoms with van der Waals surface area (Å²) in [6.07, 6.45) is -6.77. The van der Waals surface area contributed by atoms with Gasteiger partial charge in [-0.05, 0) is 29.5 Å². The van der Waals surface area contributed by atoms with Crippen LogP contribution in [0.3, 0.4) is 0 Å². The van der Waals surface area contributed by atoms with E-state index in [1.165, 1.54) is 6.07 Å². The first-order valence-electron chi connectivity index (χ1n) is 10.9. The number of hydrogen-bond donors (Lipinski definition) is 5. The fourth-order valence-corrected chi connectivity index (χ4v) is 4.33. The van der Waals surface area contributed by atoms with Crippen LogP contribution in [0.1, 0.15) is 30.9 Å². The second-order valence-electron chi connectivity index (χ2n) is 8.56. The highest BCUT2D eigenvalue weighted by Crippen LogP contribution is 2.36. The summed E-state index contributed by atoms with van der Waals surface area (Å²) in [5, 5.41) is 51.0. The molecule has 1 saturated heterocycles. The molecular formula is C24H28O9. The Labute approximate surface area is 189 Å². The van der Waals surface area contributed by atoms with Crippen molar-refractivity contribution in [3.63, 3.8) is 0 Å². The van der Waals surface area contributed by atoms with E-state index < -0.39 is 42.9 Å². The molecule has 2 heterocycles. The van der Waals surface area contributed by atoms with E-state index >= 15 is 0 Å². The van der Waals surface area contributed by atoms with Crippen molar-refractivity contribution in [3.05, 3.63) is 51.9 Å². The molecule has 0 spiro atoms. The minimum Gasteiger partial charge on any atom is -0.462 e. The Kier molecular flexibility index (Phi) is 6.71. The Balaban J connectivity index is 1.84. The third kappa shape index (κ3) is 4.23. The predicted octanol–water partition coefficient (Wildman–Crippen LogP) is 0.783. The van der Waals surface area contributed by atoms with Crippen molar-refractivity contribution in [2.24, 2.45) is 0 Å². The van der Waals surface area contributed by atoms with E-state index in [0.717, 1.165) is 10.9 Å². The van der Waals surface area contributed by atoms with Crippen molar-refractivity contribution in [2.75, 3.05) is 13.2 Å². The highest BCUT2D eigenvalue weighted by atomic mass is 16.7. The predicted molar refractivity (Wildman–Crippen MR) is 119 cm³/mol. The average Bonchev–Trinajstić information content (AvgIpc) is 2.79.